The van der Waals surface area contributed by atoms with Gasteiger partial charge in [0.05, 0.1) is 0 Å². The van der Waals surface area contributed by atoms with Gasteiger partial charge in [-0.15, -0.1) is 5.10 Å². The highest BCUT2D eigenvalue weighted by Gasteiger charge is 2.19. The standard InChI is InChI=1S/C24H21F2N5O/c1-16-4-2-3-5-21(16)22(32)31-24(28-15-18-8-12-20(26)13-9-18)29-23(30-31)27-14-17-6-10-19(25)11-7-17/h2-13H,14-15H2,1H3,(H2,27,28,29,30). The third-order valence-corrected chi connectivity index (χ3v) is 4.90. The Morgan fingerprint density at radius 1 is 0.844 bits per heavy atom. The summed E-state index contributed by atoms with van der Waals surface area (Å²) in [6, 6.07) is 19.3. The summed E-state index contributed by atoms with van der Waals surface area (Å²) in [6.07, 6.45) is 0. The lowest BCUT2D eigenvalue weighted by Crippen LogP contribution is -2.18. The van der Waals surface area contributed by atoms with Gasteiger partial charge in [-0.25, -0.2) is 8.78 Å². The lowest BCUT2D eigenvalue weighted by molar-refractivity contribution is 0.0947. The maximum absolute atomic E-state index is 13.2. The van der Waals surface area contributed by atoms with Crippen LogP contribution in [0.4, 0.5) is 20.7 Å². The zero-order chi connectivity index (χ0) is 22.5. The molecule has 0 fully saturated rings. The van der Waals surface area contributed by atoms with E-state index in [-0.39, 0.29) is 29.4 Å². The van der Waals surface area contributed by atoms with Crippen LogP contribution in [-0.4, -0.2) is 20.7 Å². The Kier molecular flexibility index (Phi) is 6.21. The monoisotopic (exact) mass is 433 g/mol. The summed E-state index contributed by atoms with van der Waals surface area (Å²) >= 11 is 0. The minimum Gasteiger partial charge on any atom is -0.350 e. The van der Waals surface area contributed by atoms with Crippen molar-refractivity contribution in [2.24, 2.45) is 0 Å². The van der Waals surface area contributed by atoms with E-state index in [9.17, 15) is 13.6 Å². The van der Waals surface area contributed by atoms with Crippen LogP contribution in [0.25, 0.3) is 0 Å². The molecule has 0 radical (unpaired) electrons. The van der Waals surface area contributed by atoms with Crippen LogP contribution >= 0.6 is 0 Å². The van der Waals surface area contributed by atoms with Crippen molar-refractivity contribution in [2.75, 3.05) is 10.6 Å². The van der Waals surface area contributed by atoms with E-state index in [0.717, 1.165) is 16.7 Å². The van der Waals surface area contributed by atoms with Crippen molar-refractivity contribution in [2.45, 2.75) is 20.0 Å². The normalized spacial score (nSPS) is 10.7. The van der Waals surface area contributed by atoms with Crippen LogP contribution in [0.1, 0.15) is 27.0 Å². The minimum absolute atomic E-state index is 0.248. The quantitative estimate of drug-likeness (QED) is 0.439. The zero-order valence-electron chi connectivity index (χ0n) is 17.3. The summed E-state index contributed by atoms with van der Waals surface area (Å²) in [6.45, 7) is 2.54. The molecule has 162 valence electrons. The van der Waals surface area contributed by atoms with E-state index < -0.39 is 0 Å². The predicted octanol–water partition coefficient (Wildman–Crippen LogP) is 4.78. The number of carbonyl (C=O) groups is 1. The summed E-state index contributed by atoms with van der Waals surface area (Å²) in [5.74, 6) is -0.458. The Morgan fingerprint density at radius 2 is 1.41 bits per heavy atom. The van der Waals surface area contributed by atoms with Crippen LogP contribution in [0.5, 0.6) is 0 Å². The highest BCUT2D eigenvalue weighted by atomic mass is 19.1. The molecule has 0 aliphatic carbocycles. The van der Waals surface area contributed by atoms with Crippen molar-refractivity contribution >= 4 is 17.8 Å². The molecular weight excluding hydrogens is 412 g/mol. The SMILES string of the molecule is Cc1ccccc1C(=O)n1nc(NCc2ccc(F)cc2)nc1NCc1ccc(F)cc1. The molecule has 1 aromatic heterocycles. The fourth-order valence-electron chi connectivity index (χ4n) is 3.14. The molecule has 0 unspecified atom stereocenters. The summed E-state index contributed by atoms with van der Waals surface area (Å²) in [4.78, 5) is 17.6. The van der Waals surface area contributed by atoms with Crippen LogP contribution in [0.3, 0.4) is 0 Å². The number of halogens is 2. The summed E-state index contributed by atoms with van der Waals surface area (Å²) < 4.78 is 27.5. The zero-order valence-corrected chi connectivity index (χ0v) is 17.3. The number of anilines is 2. The molecule has 0 bridgehead atoms. The van der Waals surface area contributed by atoms with Gasteiger partial charge in [-0.2, -0.15) is 9.67 Å². The van der Waals surface area contributed by atoms with Crippen LogP contribution < -0.4 is 10.6 Å². The van der Waals surface area contributed by atoms with Gasteiger partial charge in [-0.05, 0) is 53.9 Å². The van der Waals surface area contributed by atoms with Gasteiger partial charge in [0.25, 0.3) is 5.91 Å². The molecule has 6 nitrogen and oxygen atoms in total. The summed E-state index contributed by atoms with van der Waals surface area (Å²) in [5, 5.41) is 10.5. The number of nitrogens with zero attached hydrogens (tertiary/aromatic N) is 3. The second kappa shape index (κ2) is 9.38. The maximum atomic E-state index is 13.2. The van der Waals surface area contributed by atoms with Crippen molar-refractivity contribution in [3.8, 4) is 0 Å². The second-order valence-corrected chi connectivity index (χ2v) is 7.25. The Bertz CT molecular complexity index is 1220. The van der Waals surface area contributed by atoms with Gasteiger partial charge < -0.3 is 10.6 Å². The Hall–Kier alpha value is -4.07. The van der Waals surface area contributed by atoms with E-state index in [1.807, 2.05) is 19.1 Å². The Morgan fingerprint density at radius 3 is 2.00 bits per heavy atom. The first-order valence-corrected chi connectivity index (χ1v) is 10.0. The van der Waals surface area contributed by atoms with Crippen molar-refractivity contribution in [1.29, 1.82) is 0 Å². The first kappa shape index (κ1) is 21.2. The molecule has 1 heterocycles. The van der Waals surface area contributed by atoms with Gasteiger partial charge in [-0.3, -0.25) is 4.79 Å². The van der Waals surface area contributed by atoms with Gasteiger partial charge >= 0.3 is 0 Å². The van der Waals surface area contributed by atoms with Crippen LogP contribution in [-0.2, 0) is 13.1 Å². The first-order valence-electron chi connectivity index (χ1n) is 10.0. The maximum Gasteiger partial charge on any atom is 0.281 e. The highest BCUT2D eigenvalue weighted by molar-refractivity contribution is 5.98. The van der Waals surface area contributed by atoms with Crippen molar-refractivity contribution in [3.63, 3.8) is 0 Å². The molecule has 32 heavy (non-hydrogen) atoms. The Labute approximate surface area is 183 Å². The second-order valence-electron chi connectivity index (χ2n) is 7.25. The average molecular weight is 433 g/mol. The van der Waals surface area contributed by atoms with E-state index >= 15 is 0 Å². The first-order chi connectivity index (χ1) is 15.5. The average Bonchev–Trinajstić information content (AvgIpc) is 3.21. The van der Waals surface area contributed by atoms with E-state index in [2.05, 4.69) is 20.7 Å². The van der Waals surface area contributed by atoms with Gasteiger partial charge in [0.15, 0.2) is 0 Å². The molecule has 0 atom stereocenters. The molecule has 0 amide bonds. The summed E-state index contributed by atoms with van der Waals surface area (Å²) in [7, 11) is 0. The minimum atomic E-state index is -0.327. The third-order valence-electron chi connectivity index (χ3n) is 4.90. The molecule has 0 aliphatic rings. The molecule has 0 saturated carbocycles. The molecule has 0 spiro atoms. The largest absolute Gasteiger partial charge is 0.350 e. The van der Waals surface area contributed by atoms with Gasteiger partial charge in [-0.1, -0.05) is 42.5 Å². The number of rotatable bonds is 7. The fourth-order valence-corrected chi connectivity index (χ4v) is 3.14. The number of hydrogen-bond donors (Lipinski definition) is 2. The number of hydrogen-bond acceptors (Lipinski definition) is 5. The van der Waals surface area contributed by atoms with Crippen LogP contribution in [0, 0.1) is 18.6 Å². The molecule has 4 rings (SSSR count). The predicted molar refractivity (Wildman–Crippen MR) is 118 cm³/mol. The third kappa shape index (κ3) is 4.97. The highest BCUT2D eigenvalue weighted by Crippen LogP contribution is 2.17. The van der Waals surface area contributed by atoms with Crippen LogP contribution in [0.2, 0.25) is 0 Å². The molecule has 0 aliphatic heterocycles. The smallest absolute Gasteiger partial charge is 0.281 e. The van der Waals surface area contributed by atoms with Crippen molar-refractivity contribution in [1.82, 2.24) is 14.8 Å². The van der Waals surface area contributed by atoms with Crippen LogP contribution in [0.15, 0.2) is 72.8 Å². The number of aryl methyl sites for hydroxylation is 1. The van der Waals surface area contributed by atoms with E-state index in [4.69, 9.17) is 0 Å². The van der Waals surface area contributed by atoms with E-state index in [1.54, 1.807) is 36.4 Å². The lowest BCUT2D eigenvalue weighted by atomic mass is 10.1. The summed E-state index contributed by atoms with van der Waals surface area (Å²) in [5.41, 5.74) is 2.99. The number of benzene rings is 3. The number of aromatic nitrogens is 3. The van der Waals surface area contributed by atoms with Gasteiger partial charge in [0, 0.05) is 18.7 Å². The van der Waals surface area contributed by atoms with Crippen molar-refractivity contribution < 1.29 is 13.6 Å². The molecule has 0 saturated heterocycles. The Balaban J connectivity index is 1.58. The van der Waals surface area contributed by atoms with Gasteiger partial charge in [0.2, 0.25) is 11.9 Å². The van der Waals surface area contributed by atoms with E-state index in [1.165, 1.54) is 28.9 Å². The lowest BCUT2D eigenvalue weighted by Gasteiger charge is -2.08. The molecule has 3 aromatic carbocycles. The molecule has 4 aromatic rings. The topological polar surface area (TPSA) is 71.8 Å². The fraction of sp³-hybridized carbons (Fsp3) is 0.125. The molecule has 2 N–H and O–H groups in total. The number of nitrogens with one attached hydrogen (secondary N) is 2. The van der Waals surface area contributed by atoms with E-state index in [0.29, 0.717) is 18.7 Å². The molecular formula is C24H21F2N5O. The van der Waals surface area contributed by atoms with Crippen molar-refractivity contribution in [3.05, 3.63) is 107 Å². The number of carbonyl (C=O) groups excluding carboxylic acids is 1. The van der Waals surface area contributed by atoms with Gasteiger partial charge in [0.1, 0.15) is 11.6 Å². The molecule has 8 heteroatoms.